The lowest BCUT2D eigenvalue weighted by Gasteiger charge is -2.10. The summed E-state index contributed by atoms with van der Waals surface area (Å²) >= 11 is 6.24. The van der Waals surface area contributed by atoms with Crippen molar-refractivity contribution in [2.45, 2.75) is 6.92 Å². The number of hydrogen-bond donors (Lipinski definition) is 1. The summed E-state index contributed by atoms with van der Waals surface area (Å²) in [6, 6.07) is 17.0. The van der Waals surface area contributed by atoms with E-state index in [-0.39, 0.29) is 0 Å². The van der Waals surface area contributed by atoms with E-state index in [1.165, 1.54) is 0 Å². The predicted octanol–water partition coefficient (Wildman–Crippen LogP) is 5.17. The van der Waals surface area contributed by atoms with Gasteiger partial charge >= 0.3 is 5.97 Å². The van der Waals surface area contributed by atoms with Gasteiger partial charge in [-0.1, -0.05) is 48.0 Å². The molecule has 21 heavy (non-hydrogen) atoms. The largest absolute Gasteiger partial charge is 0.478 e. The number of benzene rings is 3. The van der Waals surface area contributed by atoms with Gasteiger partial charge in [0, 0.05) is 10.4 Å². The normalized spacial score (nSPS) is 10.8. The molecular weight excluding hydrogens is 284 g/mol. The average Bonchev–Trinajstić information content (AvgIpc) is 2.47. The zero-order valence-corrected chi connectivity index (χ0v) is 12.2. The highest BCUT2D eigenvalue weighted by atomic mass is 35.5. The Kier molecular flexibility index (Phi) is 3.40. The van der Waals surface area contributed by atoms with Crippen LogP contribution in [0.5, 0.6) is 0 Å². The lowest BCUT2D eigenvalue weighted by atomic mass is 9.95. The Bertz CT molecular complexity index is 853. The third-order valence-corrected chi connectivity index (χ3v) is 3.84. The summed E-state index contributed by atoms with van der Waals surface area (Å²) in [6.07, 6.45) is 0. The van der Waals surface area contributed by atoms with Crippen molar-refractivity contribution in [1.29, 1.82) is 0 Å². The fourth-order valence-corrected chi connectivity index (χ4v) is 2.80. The topological polar surface area (TPSA) is 37.3 Å². The first-order valence-corrected chi connectivity index (χ1v) is 6.96. The van der Waals surface area contributed by atoms with Gasteiger partial charge in [-0.3, -0.25) is 0 Å². The van der Waals surface area contributed by atoms with Gasteiger partial charge in [-0.05, 0) is 47.2 Å². The van der Waals surface area contributed by atoms with Crippen molar-refractivity contribution in [2.75, 3.05) is 0 Å². The number of hydrogen-bond acceptors (Lipinski definition) is 1. The van der Waals surface area contributed by atoms with Gasteiger partial charge in [-0.25, -0.2) is 4.79 Å². The summed E-state index contributed by atoms with van der Waals surface area (Å²) in [5, 5.41) is 11.9. The Labute approximate surface area is 127 Å². The van der Waals surface area contributed by atoms with Crippen LogP contribution in [0.3, 0.4) is 0 Å². The number of rotatable bonds is 2. The minimum absolute atomic E-state index is 0.295. The van der Waals surface area contributed by atoms with Crippen molar-refractivity contribution >= 4 is 28.3 Å². The molecule has 0 heterocycles. The molecule has 3 rings (SSSR count). The van der Waals surface area contributed by atoms with Crippen LogP contribution in [0.25, 0.3) is 21.9 Å². The van der Waals surface area contributed by atoms with Crippen LogP contribution in [0.2, 0.25) is 5.02 Å². The van der Waals surface area contributed by atoms with E-state index in [9.17, 15) is 9.90 Å². The fourth-order valence-electron chi connectivity index (χ4n) is 2.58. The van der Waals surface area contributed by atoms with Crippen molar-refractivity contribution in [2.24, 2.45) is 0 Å². The Balaban J connectivity index is 2.31. The highest BCUT2D eigenvalue weighted by molar-refractivity contribution is 6.36. The van der Waals surface area contributed by atoms with E-state index < -0.39 is 5.97 Å². The number of aromatic carboxylic acids is 1. The molecule has 0 amide bonds. The Morgan fingerprint density at radius 3 is 2.43 bits per heavy atom. The van der Waals surface area contributed by atoms with E-state index in [1.807, 2.05) is 49.4 Å². The van der Waals surface area contributed by atoms with E-state index in [0.717, 1.165) is 27.5 Å². The summed E-state index contributed by atoms with van der Waals surface area (Å²) in [7, 11) is 0. The number of carboxylic acid groups (broad SMARTS) is 1. The third-order valence-electron chi connectivity index (χ3n) is 3.51. The maximum atomic E-state index is 11.2. The summed E-state index contributed by atoms with van der Waals surface area (Å²) in [4.78, 5) is 11.2. The molecule has 3 aromatic rings. The molecule has 0 fully saturated rings. The molecule has 104 valence electrons. The van der Waals surface area contributed by atoms with Crippen molar-refractivity contribution in [3.05, 3.63) is 70.7 Å². The van der Waals surface area contributed by atoms with E-state index in [4.69, 9.17) is 11.6 Å². The molecular formula is C18H13ClO2. The first-order chi connectivity index (χ1) is 10.1. The van der Waals surface area contributed by atoms with Gasteiger partial charge in [0.25, 0.3) is 0 Å². The van der Waals surface area contributed by atoms with Crippen LogP contribution < -0.4 is 0 Å². The molecule has 1 N–H and O–H groups in total. The zero-order valence-electron chi connectivity index (χ0n) is 11.4. The lowest BCUT2D eigenvalue weighted by molar-refractivity contribution is 0.0697. The summed E-state index contributed by atoms with van der Waals surface area (Å²) in [5.74, 6) is -0.918. The fraction of sp³-hybridized carbons (Fsp3) is 0.0556. The molecule has 0 spiro atoms. The van der Waals surface area contributed by atoms with Crippen molar-refractivity contribution in [3.63, 3.8) is 0 Å². The summed E-state index contributed by atoms with van der Waals surface area (Å²) < 4.78 is 0. The number of fused-ring (bicyclic) bond motifs is 1. The summed E-state index contributed by atoms with van der Waals surface area (Å²) in [5.41, 5.74) is 3.09. The van der Waals surface area contributed by atoms with Gasteiger partial charge in [0.1, 0.15) is 0 Å². The minimum atomic E-state index is -0.918. The van der Waals surface area contributed by atoms with Gasteiger partial charge in [0.15, 0.2) is 0 Å². The molecule has 3 heteroatoms. The monoisotopic (exact) mass is 296 g/mol. The molecule has 0 aliphatic rings. The quantitative estimate of drug-likeness (QED) is 0.708. The Hall–Kier alpha value is -2.32. The zero-order chi connectivity index (χ0) is 15.0. The maximum absolute atomic E-state index is 11.2. The number of carboxylic acids is 1. The number of aryl methyl sites for hydroxylation is 1. The maximum Gasteiger partial charge on any atom is 0.335 e. The Morgan fingerprint density at radius 1 is 1.00 bits per heavy atom. The number of carbonyl (C=O) groups is 1. The SMILES string of the molecule is Cc1cc(C(=O)O)cc(-c2ccc(Cl)c3ccccc23)c1. The molecule has 0 unspecified atom stereocenters. The molecule has 0 aromatic heterocycles. The Morgan fingerprint density at radius 2 is 1.71 bits per heavy atom. The van der Waals surface area contributed by atoms with Crippen molar-refractivity contribution < 1.29 is 9.90 Å². The molecule has 0 aliphatic heterocycles. The van der Waals surface area contributed by atoms with E-state index in [0.29, 0.717) is 10.6 Å². The molecule has 0 atom stereocenters. The van der Waals surface area contributed by atoms with Crippen LogP contribution in [0.4, 0.5) is 0 Å². The smallest absolute Gasteiger partial charge is 0.335 e. The van der Waals surface area contributed by atoms with Gasteiger partial charge in [-0.2, -0.15) is 0 Å². The molecule has 0 aliphatic carbocycles. The van der Waals surface area contributed by atoms with Gasteiger partial charge in [0.05, 0.1) is 5.56 Å². The van der Waals surface area contributed by atoms with Crippen LogP contribution in [-0.2, 0) is 0 Å². The molecule has 3 aromatic carbocycles. The number of halogens is 1. The standard InChI is InChI=1S/C18H13ClO2/c1-11-8-12(10-13(9-11)18(20)21)14-6-7-17(19)16-5-3-2-4-15(14)16/h2-10H,1H3,(H,20,21). The van der Waals surface area contributed by atoms with E-state index in [2.05, 4.69) is 0 Å². The first-order valence-electron chi connectivity index (χ1n) is 6.59. The third kappa shape index (κ3) is 2.50. The molecule has 0 saturated heterocycles. The summed E-state index contributed by atoms with van der Waals surface area (Å²) in [6.45, 7) is 1.90. The van der Waals surface area contributed by atoms with Gasteiger partial charge in [-0.15, -0.1) is 0 Å². The van der Waals surface area contributed by atoms with Crippen LogP contribution in [-0.4, -0.2) is 11.1 Å². The predicted molar refractivity (Wildman–Crippen MR) is 86.1 cm³/mol. The van der Waals surface area contributed by atoms with Crippen LogP contribution in [0, 0.1) is 6.92 Å². The van der Waals surface area contributed by atoms with Crippen LogP contribution in [0.1, 0.15) is 15.9 Å². The van der Waals surface area contributed by atoms with E-state index >= 15 is 0 Å². The van der Waals surface area contributed by atoms with Gasteiger partial charge < -0.3 is 5.11 Å². The molecule has 0 bridgehead atoms. The van der Waals surface area contributed by atoms with Crippen LogP contribution >= 0.6 is 11.6 Å². The highest BCUT2D eigenvalue weighted by Crippen LogP contribution is 2.33. The van der Waals surface area contributed by atoms with Gasteiger partial charge in [0.2, 0.25) is 0 Å². The van der Waals surface area contributed by atoms with E-state index in [1.54, 1.807) is 12.1 Å². The lowest BCUT2D eigenvalue weighted by Crippen LogP contribution is -1.97. The first kappa shape index (κ1) is 13.7. The molecule has 0 radical (unpaired) electrons. The highest BCUT2D eigenvalue weighted by Gasteiger charge is 2.10. The average molecular weight is 297 g/mol. The second-order valence-electron chi connectivity index (χ2n) is 5.03. The molecule has 2 nitrogen and oxygen atoms in total. The van der Waals surface area contributed by atoms with Crippen molar-refractivity contribution in [1.82, 2.24) is 0 Å². The minimum Gasteiger partial charge on any atom is -0.478 e. The van der Waals surface area contributed by atoms with Crippen molar-refractivity contribution in [3.8, 4) is 11.1 Å². The van der Waals surface area contributed by atoms with Crippen LogP contribution in [0.15, 0.2) is 54.6 Å². The molecule has 0 saturated carbocycles. The second kappa shape index (κ2) is 5.23. The second-order valence-corrected chi connectivity index (χ2v) is 5.44.